The Morgan fingerprint density at radius 1 is 1.19 bits per heavy atom. The van der Waals surface area contributed by atoms with Gasteiger partial charge in [0.05, 0.1) is 24.0 Å². The maximum absolute atomic E-state index is 13.4. The summed E-state index contributed by atoms with van der Waals surface area (Å²) in [6.07, 6.45) is 2.65. The number of aryl methyl sites for hydroxylation is 1. The summed E-state index contributed by atoms with van der Waals surface area (Å²) in [5, 5.41) is 0. The number of sulfone groups is 1. The summed E-state index contributed by atoms with van der Waals surface area (Å²) in [5.74, 6) is 0.575. The molecule has 5 nitrogen and oxygen atoms in total. The molecule has 0 aromatic heterocycles. The molecule has 4 rings (SSSR count). The number of carbonyl (C=O) groups excluding carboxylic acids is 1. The van der Waals surface area contributed by atoms with E-state index in [1.165, 1.54) is 18.9 Å². The molecular formula is C19H25FN2O3S. The van der Waals surface area contributed by atoms with Gasteiger partial charge in [0.25, 0.3) is 0 Å². The van der Waals surface area contributed by atoms with E-state index in [9.17, 15) is 17.6 Å². The molecule has 1 amide bonds. The van der Waals surface area contributed by atoms with Crippen LogP contribution in [0.2, 0.25) is 0 Å². The van der Waals surface area contributed by atoms with Gasteiger partial charge in [-0.3, -0.25) is 9.69 Å². The van der Waals surface area contributed by atoms with Gasteiger partial charge in [0.15, 0.2) is 9.84 Å². The van der Waals surface area contributed by atoms with E-state index in [1.807, 2.05) is 0 Å². The average molecular weight is 380 g/mol. The Morgan fingerprint density at radius 2 is 1.92 bits per heavy atom. The van der Waals surface area contributed by atoms with E-state index in [1.54, 1.807) is 24.0 Å². The number of fused-ring (bicyclic) bond motifs is 1. The minimum absolute atomic E-state index is 0.0609. The number of hydrogen-bond donors (Lipinski definition) is 0. The summed E-state index contributed by atoms with van der Waals surface area (Å²) in [6.45, 7) is 3.94. The molecule has 26 heavy (non-hydrogen) atoms. The molecule has 2 saturated heterocycles. The van der Waals surface area contributed by atoms with E-state index >= 15 is 0 Å². The Balaban J connectivity index is 1.50. The predicted octanol–water partition coefficient (Wildman–Crippen LogP) is 1.40. The van der Waals surface area contributed by atoms with Gasteiger partial charge < -0.3 is 4.90 Å². The predicted molar refractivity (Wildman–Crippen MR) is 97.1 cm³/mol. The fourth-order valence-electron chi connectivity index (χ4n) is 4.29. The normalized spacial score (nSPS) is 28.2. The van der Waals surface area contributed by atoms with Crippen molar-refractivity contribution in [2.75, 3.05) is 31.1 Å². The second kappa shape index (κ2) is 6.60. The second-order valence-corrected chi connectivity index (χ2v) is 10.2. The molecule has 1 saturated carbocycles. The maximum atomic E-state index is 13.4. The fourth-order valence-corrected chi connectivity index (χ4v) is 6.30. The molecule has 2 atom stereocenters. The van der Waals surface area contributed by atoms with Crippen molar-refractivity contribution >= 4 is 15.7 Å². The molecule has 0 unspecified atom stereocenters. The summed E-state index contributed by atoms with van der Waals surface area (Å²) < 4.78 is 37.9. The molecule has 1 aliphatic carbocycles. The van der Waals surface area contributed by atoms with E-state index in [-0.39, 0.29) is 41.7 Å². The molecule has 0 N–H and O–H groups in total. The number of benzene rings is 1. The highest BCUT2D eigenvalue weighted by atomic mass is 32.2. The Bertz CT molecular complexity index is 822. The van der Waals surface area contributed by atoms with Gasteiger partial charge in [0, 0.05) is 25.7 Å². The molecule has 1 aromatic rings. The van der Waals surface area contributed by atoms with Crippen molar-refractivity contribution in [3.63, 3.8) is 0 Å². The van der Waals surface area contributed by atoms with Crippen molar-refractivity contribution in [2.45, 2.75) is 38.3 Å². The zero-order chi connectivity index (χ0) is 18.5. The average Bonchev–Trinajstić information content (AvgIpc) is 3.31. The van der Waals surface area contributed by atoms with Crippen molar-refractivity contribution < 1.29 is 17.6 Å². The smallest absolute Gasteiger partial charge is 0.227 e. The zero-order valence-corrected chi connectivity index (χ0v) is 15.8. The summed E-state index contributed by atoms with van der Waals surface area (Å²) in [6, 6.07) is 4.38. The van der Waals surface area contributed by atoms with Crippen LogP contribution < -0.4 is 0 Å². The number of hydrogen-bond acceptors (Lipinski definition) is 4. The first-order valence-electron chi connectivity index (χ1n) is 9.31. The van der Waals surface area contributed by atoms with E-state index in [0.717, 1.165) is 18.7 Å². The number of piperazine rings is 1. The molecule has 0 spiro atoms. The fraction of sp³-hybridized carbons (Fsp3) is 0.632. The number of carbonyl (C=O) groups is 1. The van der Waals surface area contributed by atoms with Crippen LogP contribution in [0.1, 0.15) is 24.0 Å². The first-order chi connectivity index (χ1) is 12.3. The molecule has 1 aromatic carbocycles. The maximum Gasteiger partial charge on any atom is 0.227 e. The summed E-state index contributed by atoms with van der Waals surface area (Å²) in [4.78, 5) is 16.9. The van der Waals surface area contributed by atoms with Gasteiger partial charge >= 0.3 is 0 Å². The van der Waals surface area contributed by atoms with Crippen LogP contribution in [0.15, 0.2) is 18.2 Å². The second-order valence-electron chi connectivity index (χ2n) is 8.00. The first-order valence-corrected chi connectivity index (χ1v) is 11.1. The van der Waals surface area contributed by atoms with Crippen LogP contribution in [0.3, 0.4) is 0 Å². The van der Waals surface area contributed by atoms with Crippen LogP contribution in [0, 0.1) is 18.7 Å². The molecule has 0 bridgehead atoms. The lowest BCUT2D eigenvalue weighted by molar-refractivity contribution is -0.136. The largest absolute Gasteiger partial charge is 0.336 e. The highest BCUT2D eigenvalue weighted by molar-refractivity contribution is 7.91. The summed E-state index contributed by atoms with van der Waals surface area (Å²) >= 11 is 0. The molecule has 2 aliphatic heterocycles. The van der Waals surface area contributed by atoms with Gasteiger partial charge in [-0.25, -0.2) is 12.8 Å². The number of nitrogens with zero attached hydrogens (tertiary/aromatic N) is 2. The van der Waals surface area contributed by atoms with Crippen LogP contribution >= 0.6 is 0 Å². The van der Waals surface area contributed by atoms with Gasteiger partial charge in [-0.1, -0.05) is 12.1 Å². The molecular weight excluding hydrogens is 355 g/mol. The van der Waals surface area contributed by atoms with Gasteiger partial charge in [0.1, 0.15) is 5.82 Å². The van der Waals surface area contributed by atoms with Crippen molar-refractivity contribution in [3.05, 3.63) is 35.1 Å². The monoisotopic (exact) mass is 380 g/mol. The first kappa shape index (κ1) is 17.9. The molecule has 0 radical (unpaired) electrons. The van der Waals surface area contributed by atoms with Gasteiger partial charge in [-0.2, -0.15) is 0 Å². The minimum atomic E-state index is -3.11. The van der Waals surface area contributed by atoms with E-state index in [2.05, 4.69) is 4.90 Å². The molecule has 142 valence electrons. The molecule has 2 heterocycles. The van der Waals surface area contributed by atoms with E-state index < -0.39 is 9.84 Å². The Kier molecular flexibility index (Phi) is 4.55. The van der Waals surface area contributed by atoms with Crippen LogP contribution in [0.5, 0.6) is 0 Å². The lowest BCUT2D eigenvalue weighted by Crippen LogP contribution is -2.61. The van der Waals surface area contributed by atoms with Crippen molar-refractivity contribution in [1.29, 1.82) is 0 Å². The van der Waals surface area contributed by atoms with Crippen LogP contribution in [-0.2, 0) is 21.1 Å². The van der Waals surface area contributed by atoms with Crippen LogP contribution in [-0.4, -0.2) is 67.3 Å². The molecule has 3 aliphatic rings. The van der Waals surface area contributed by atoms with Crippen LogP contribution in [0.4, 0.5) is 4.39 Å². The van der Waals surface area contributed by atoms with E-state index in [0.29, 0.717) is 18.0 Å². The third kappa shape index (κ3) is 3.64. The third-order valence-corrected chi connectivity index (χ3v) is 7.58. The summed E-state index contributed by atoms with van der Waals surface area (Å²) in [7, 11) is -3.11. The standard InChI is InChI=1S/C19H25FN2O3S/c1-13-8-15(4-5-16(13)20)9-19(23)22-7-6-21(10-14-2-3-14)17-11-26(24,25)12-18(17)22/h4-5,8,14,17-18H,2-3,6-7,9-12H2,1H3/t17-,18+/m1/s1. The summed E-state index contributed by atoms with van der Waals surface area (Å²) in [5.41, 5.74) is 1.29. The van der Waals surface area contributed by atoms with Crippen LogP contribution in [0.25, 0.3) is 0 Å². The quantitative estimate of drug-likeness (QED) is 0.792. The van der Waals surface area contributed by atoms with Crippen molar-refractivity contribution in [3.8, 4) is 0 Å². The Hall–Kier alpha value is -1.47. The molecule has 3 fully saturated rings. The number of rotatable bonds is 4. The topological polar surface area (TPSA) is 57.7 Å². The molecule has 7 heteroatoms. The van der Waals surface area contributed by atoms with Gasteiger partial charge in [0.2, 0.25) is 5.91 Å². The van der Waals surface area contributed by atoms with Crippen molar-refractivity contribution in [2.24, 2.45) is 5.92 Å². The number of amides is 1. The van der Waals surface area contributed by atoms with E-state index in [4.69, 9.17) is 0 Å². The lowest BCUT2D eigenvalue weighted by Gasteiger charge is -2.44. The highest BCUT2D eigenvalue weighted by Gasteiger charge is 2.48. The van der Waals surface area contributed by atoms with Gasteiger partial charge in [-0.15, -0.1) is 0 Å². The van der Waals surface area contributed by atoms with Gasteiger partial charge in [-0.05, 0) is 42.9 Å². The third-order valence-electron chi connectivity index (χ3n) is 5.88. The SMILES string of the molecule is Cc1cc(CC(=O)N2CCN(CC3CC3)[C@@H]3CS(=O)(=O)C[C@@H]32)ccc1F. The minimum Gasteiger partial charge on any atom is -0.336 e. The Labute approximate surface area is 154 Å². The highest BCUT2D eigenvalue weighted by Crippen LogP contribution is 2.34. The number of halogens is 1. The van der Waals surface area contributed by atoms with Crippen molar-refractivity contribution in [1.82, 2.24) is 9.80 Å². The lowest BCUT2D eigenvalue weighted by atomic mass is 10.0. The zero-order valence-electron chi connectivity index (χ0n) is 15.0. The Morgan fingerprint density at radius 3 is 2.62 bits per heavy atom.